The van der Waals surface area contributed by atoms with Crippen LogP contribution < -0.4 is 5.56 Å². The van der Waals surface area contributed by atoms with E-state index in [0.29, 0.717) is 17.2 Å². The van der Waals surface area contributed by atoms with Crippen molar-refractivity contribution in [1.29, 1.82) is 0 Å². The number of aromatic amines is 2. The fraction of sp³-hybridized carbons (Fsp3) is 0.267. The van der Waals surface area contributed by atoms with E-state index in [1.807, 2.05) is 25.1 Å². The SMILES string of the molecule is Cc1ccc2nc(-n3[nH]c(C)c(CCC(=O)O)c3=O)[nH]c2c1. The minimum Gasteiger partial charge on any atom is -0.481 e. The molecule has 0 aliphatic carbocycles. The Morgan fingerprint density at radius 2 is 2.14 bits per heavy atom. The van der Waals surface area contributed by atoms with E-state index in [1.165, 1.54) is 4.68 Å². The highest BCUT2D eigenvalue weighted by atomic mass is 16.4. The molecular weight excluding hydrogens is 284 g/mol. The van der Waals surface area contributed by atoms with E-state index < -0.39 is 5.97 Å². The Bertz CT molecular complexity index is 917. The molecule has 0 saturated heterocycles. The van der Waals surface area contributed by atoms with Gasteiger partial charge < -0.3 is 10.1 Å². The van der Waals surface area contributed by atoms with E-state index in [0.717, 1.165) is 16.6 Å². The average molecular weight is 300 g/mol. The van der Waals surface area contributed by atoms with Crippen molar-refractivity contribution >= 4 is 17.0 Å². The molecule has 2 aromatic heterocycles. The minimum atomic E-state index is -0.925. The Morgan fingerprint density at radius 3 is 2.86 bits per heavy atom. The molecule has 0 spiro atoms. The number of aliphatic carboxylic acids is 1. The zero-order valence-corrected chi connectivity index (χ0v) is 12.3. The summed E-state index contributed by atoms with van der Waals surface area (Å²) in [6.45, 7) is 3.73. The zero-order chi connectivity index (χ0) is 15.9. The number of benzene rings is 1. The van der Waals surface area contributed by atoms with E-state index in [4.69, 9.17) is 5.11 Å². The summed E-state index contributed by atoms with van der Waals surface area (Å²) in [7, 11) is 0. The monoisotopic (exact) mass is 300 g/mol. The molecule has 7 heteroatoms. The Hall–Kier alpha value is -2.83. The molecule has 0 aliphatic heterocycles. The number of hydrogen-bond acceptors (Lipinski definition) is 3. The number of carboxylic acid groups (broad SMARTS) is 1. The molecule has 3 rings (SSSR count). The summed E-state index contributed by atoms with van der Waals surface area (Å²) in [4.78, 5) is 30.6. The first-order valence-corrected chi connectivity index (χ1v) is 6.95. The first kappa shape index (κ1) is 14.1. The van der Waals surface area contributed by atoms with Gasteiger partial charge >= 0.3 is 5.97 Å². The fourth-order valence-electron chi connectivity index (χ4n) is 2.47. The van der Waals surface area contributed by atoms with Gasteiger partial charge in [-0.05, 0) is 38.0 Å². The summed E-state index contributed by atoms with van der Waals surface area (Å²) in [6.07, 6.45) is 0.121. The minimum absolute atomic E-state index is 0.0761. The van der Waals surface area contributed by atoms with Crippen molar-refractivity contribution in [3.63, 3.8) is 0 Å². The third kappa shape index (κ3) is 2.41. The second-order valence-electron chi connectivity index (χ2n) is 5.33. The van der Waals surface area contributed by atoms with Gasteiger partial charge in [0.2, 0.25) is 5.95 Å². The van der Waals surface area contributed by atoms with Crippen LogP contribution in [0.1, 0.15) is 23.2 Å². The van der Waals surface area contributed by atoms with Crippen LogP contribution in [0.15, 0.2) is 23.0 Å². The maximum Gasteiger partial charge on any atom is 0.303 e. The molecule has 3 N–H and O–H groups in total. The quantitative estimate of drug-likeness (QED) is 0.681. The molecule has 0 bridgehead atoms. The number of fused-ring (bicyclic) bond motifs is 1. The van der Waals surface area contributed by atoms with Crippen LogP contribution in [0.3, 0.4) is 0 Å². The second kappa shape index (κ2) is 5.18. The molecule has 0 unspecified atom stereocenters. The van der Waals surface area contributed by atoms with Crippen molar-refractivity contribution < 1.29 is 9.90 Å². The summed E-state index contributed by atoms with van der Waals surface area (Å²) in [5.41, 5.74) is 3.57. The van der Waals surface area contributed by atoms with Gasteiger partial charge in [0.05, 0.1) is 11.0 Å². The van der Waals surface area contributed by atoms with Gasteiger partial charge in [0.25, 0.3) is 5.56 Å². The van der Waals surface area contributed by atoms with Crippen LogP contribution in [-0.2, 0) is 11.2 Å². The molecule has 0 amide bonds. The number of imidazole rings is 1. The predicted octanol–water partition coefficient (Wildman–Crippen LogP) is 1.68. The molecule has 0 fully saturated rings. The molecule has 0 atom stereocenters. The van der Waals surface area contributed by atoms with E-state index in [1.54, 1.807) is 6.92 Å². The summed E-state index contributed by atoms with van der Waals surface area (Å²) in [5, 5.41) is 11.7. The van der Waals surface area contributed by atoms with E-state index in [9.17, 15) is 9.59 Å². The smallest absolute Gasteiger partial charge is 0.303 e. The number of carboxylic acids is 1. The molecule has 114 valence electrons. The number of rotatable bonds is 4. The normalized spacial score (nSPS) is 11.2. The van der Waals surface area contributed by atoms with Crippen molar-refractivity contribution in [2.75, 3.05) is 0 Å². The lowest BCUT2D eigenvalue weighted by Crippen LogP contribution is -2.19. The Balaban J connectivity index is 2.05. The average Bonchev–Trinajstić information content (AvgIpc) is 2.97. The zero-order valence-electron chi connectivity index (χ0n) is 12.3. The van der Waals surface area contributed by atoms with E-state index in [2.05, 4.69) is 15.1 Å². The number of nitrogens with one attached hydrogen (secondary N) is 2. The molecule has 0 radical (unpaired) electrons. The molecular formula is C15H16N4O3. The van der Waals surface area contributed by atoms with Crippen LogP contribution in [0.5, 0.6) is 0 Å². The number of carbonyl (C=O) groups is 1. The Morgan fingerprint density at radius 1 is 1.36 bits per heavy atom. The standard InChI is InChI=1S/C15H16N4O3/c1-8-3-5-11-12(7-8)17-15(16-11)19-14(22)10(9(2)18-19)4-6-13(20)21/h3,5,7,18H,4,6H2,1-2H3,(H,16,17)(H,20,21). The largest absolute Gasteiger partial charge is 0.481 e. The highest BCUT2D eigenvalue weighted by molar-refractivity contribution is 5.76. The highest BCUT2D eigenvalue weighted by Gasteiger charge is 2.15. The van der Waals surface area contributed by atoms with E-state index >= 15 is 0 Å². The lowest BCUT2D eigenvalue weighted by molar-refractivity contribution is -0.136. The lowest BCUT2D eigenvalue weighted by atomic mass is 10.1. The predicted molar refractivity (Wildman–Crippen MR) is 81.5 cm³/mol. The second-order valence-corrected chi connectivity index (χ2v) is 5.33. The van der Waals surface area contributed by atoms with Crippen molar-refractivity contribution in [1.82, 2.24) is 19.7 Å². The molecule has 3 aromatic rings. The summed E-state index contributed by atoms with van der Waals surface area (Å²) < 4.78 is 1.32. The summed E-state index contributed by atoms with van der Waals surface area (Å²) in [6, 6.07) is 5.79. The van der Waals surface area contributed by atoms with Gasteiger partial charge in [0, 0.05) is 17.7 Å². The first-order valence-electron chi connectivity index (χ1n) is 6.95. The summed E-state index contributed by atoms with van der Waals surface area (Å²) in [5.74, 6) is -0.527. The van der Waals surface area contributed by atoms with Gasteiger partial charge in [-0.1, -0.05) is 6.07 Å². The van der Waals surface area contributed by atoms with Crippen molar-refractivity contribution in [3.8, 4) is 5.95 Å². The lowest BCUT2D eigenvalue weighted by Gasteiger charge is -1.94. The van der Waals surface area contributed by atoms with Crippen molar-refractivity contribution in [2.24, 2.45) is 0 Å². The van der Waals surface area contributed by atoms with Crippen LogP contribution in [0.2, 0.25) is 0 Å². The molecule has 0 aliphatic rings. The maximum atomic E-state index is 12.4. The number of nitrogens with zero attached hydrogens (tertiary/aromatic N) is 2. The summed E-state index contributed by atoms with van der Waals surface area (Å²) >= 11 is 0. The van der Waals surface area contributed by atoms with Crippen LogP contribution in [0, 0.1) is 13.8 Å². The van der Waals surface area contributed by atoms with Gasteiger partial charge in [-0.3, -0.25) is 14.7 Å². The van der Waals surface area contributed by atoms with Gasteiger partial charge in [-0.15, -0.1) is 0 Å². The Labute approximate surface area is 125 Å². The molecule has 7 nitrogen and oxygen atoms in total. The molecule has 2 heterocycles. The van der Waals surface area contributed by atoms with Crippen molar-refractivity contribution in [2.45, 2.75) is 26.7 Å². The van der Waals surface area contributed by atoms with Gasteiger partial charge in [-0.25, -0.2) is 4.98 Å². The van der Waals surface area contributed by atoms with Crippen LogP contribution in [-0.4, -0.2) is 30.8 Å². The number of aryl methyl sites for hydroxylation is 2. The first-order chi connectivity index (χ1) is 10.5. The highest BCUT2D eigenvalue weighted by Crippen LogP contribution is 2.15. The van der Waals surface area contributed by atoms with Gasteiger partial charge in [0.15, 0.2) is 0 Å². The number of hydrogen-bond donors (Lipinski definition) is 3. The molecule has 22 heavy (non-hydrogen) atoms. The van der Waals surface area contributed by atoms with Gasteiger partial charge in [0.1, 0.15) is 0 Å². The van der Waals surface area contributed by atoms with E-state index in [-0.39, 0.29) is 18.4 Å². The van der Waals surface area contributed by atoms with Crippen LogP contribution in [0.4, 0.5) is 0 Å². The topological polar surface area (TPSA) is 104 Å². The Kier molecular flexibility index (Phi) is 3.32. The number of aromatic nitrogens is 4. The van der Waals surface area contributed by atoms with Crippen molar-refractivity contribution in [3.05, 3.63) is 45.4 Å². The number of H-pyrrole nitrogens is 2. The maximum absolute atomic E-state index is 12.4. The van der Waals surface area contributed by atoms with Crippen LogP contribution in [0.25, 0.3) is 17.0 Å². The van der Waals surface area contributed by atoms with Gasteiger partial charge in [-0.2, -0.15) is 4.68 Å². The third-order valence-electron chi connectivity index (χ3n) is 3.62. The fourth-order valence-corrected chi connectivity index (χ4v) is 2.47. The van der Waals surface area contributed by atoms with Crippen LogP contribution >= 0.6 is 0 Å². The third-order valence-corrected chi connectivity index (χ3v) is 3.62. The molecule has 1 aromatic carbocycles. The molecule has 0 saturated carbocycles.